The summed E-state index contributed by atoms with van der Waals surface area (Å²) in [6, 6.07) is 17.9. The van der Waals surface area contributed by atoms with Crippen LogP contribution in [0, 0.1) is 0 Å². The second-order valence-corrected chi connectivity index (χ2v) is 10.2. The van der Waals surface area contributed by atoms with E-state index in [9.17, 15) is 9.90 Å². The molecule has 0 bridgehead atoms. The molecule has 0 radical (unpaired) electrons. The molecule has 39 heavy (non-hydrogen) atoms. The van der Waals surface area contributed by atoms with Crippen LogP contribution in [-0.2, 0) is 13.0 Å². The minimum absolute atomic E-state index is 0.0969. The van der Waals surface area contributed by atoms with Gasteiger partial charge in [-0.25, -0.2) is 0 Å². The molecule has 1 aromatic heterocycles. The van der Waals surface area contributed by atoms with E-state index in [4.69, 9.17) is 14.2 Å². The lowest BCUT2D eigenvalue weighted by molar-refractivity contribution is 0.0595. The molecule has 2 fully saturated rings. The Hall–Kier alpha value is -3.62. The SMILES string of the molecule is CCc1ccc(COc2ccc(C3CN(C(=O)c4cc(OCCN5CC[C@H](O)C5)ccn4)C3)cc2OC)cc1. The fourth-order valence-electron chi connectivity index (χ4n) is 5.03. The number of aliphatic hydroxyl groups is 1. The highest BCUT2D eigenvalue weighted by Crippen LogP contribution is 2.35. The number of carbonyl (C=O) groups is 1. The zero-order chi connectivity index (χ0) is 27.2. The highest BCUT2D eigenvalue weighted by Gasteiger charge is 2.33. The van der Waals surface area contributed by atoms with Gasteiger partial charge in [-0.15, -0.1) is 0 Å². The molecule has 1 N–H and O–H groups in total. The summed E-state index contributed by atoms with van der Waals surface area (Å²) in [4.78, 5) is 21.3. The van der Waals surface area contributed by atoms with E-state index in [1.165, 1.54) is 5.56 Å². The van der Waals surface area contributed by atoms with Gasteiger partial charge in [-0.05, 0) is 47.7 Å². The third kappa shape index (κ3) is 6.69. The first-order valence-corrected chi connectivity index (χ1v) is 13.7. The van der Waals surface area contributed by atoms with E-state index in [1.54, 1.807) is 30.3 Å². The standard InChI is InChI=1S/C31H37N3O5/c1-3-22-4-6-23(7-5-22)21-39-29-9-8-24(16-30(29)37-2)25-18-34(19-25)31(36)28-17-27(10-12-32-28)38-15-14-33-13-11-26(35)20-33/h4-10,12,16-17,25-26,35H,3,11,13-15,18-21H2,1-2H3/t26-/m0/s1. The number of pyridine rings is 1. The predicted octanol–water partition coefficient (Wildman–Crippen LogP) is 3.92. The van der Waals surface area contributed by atoms with Gasteiger partial charge in [-0.3, -0.25) is 14.7 Å². The van der Waals surface area contributed by atoms with Gasteiger partial charge in [0.1, 0.15) is 24.7 Å². The van der Waals surface area contributed by atoms with E-state index in [0.29, 0.717) is 55.8 Å². The van der Waals surface area contributed by atoms with Gasteiger partial charge in [0.15, 0.2) is 11.5 Å². The number of methoxy groups -OCH3 is 1. The molecule has 2 saturated heterocycles. The van der Waals surface area contributed by atoms with E-state index < -0.39 is 0 Å². The Bertz CT molecular complexity index is 1260. The maximum Gasteiger partial charge on any atom is 0.272 e. The monoisotopic (exact) mass is 531 g/mol. The van der Waals surface area contributed by atoms with Crippen LogP contribution in [0.5, 0.6) is 17.2 Å². The third-order valence-electron chi connectivity index (χ3n) is 7.53. The Labute approximate surface area is 230 Å². The molecular weight excluding hydrogens is 494 g/mol. The molecule has 0 saturated carbocycles. The largest absolute Gasteiger partial charge is 0.493 e. The summed E-state index contributed by atoms with van der Waals surface area (Å²) in [6.45, 7) is 6.68. The van der Waals surface area contributed by atoms with Crippen molar-refractivity contribution in [3.8, 4) is 17.2 Å². The molecule has 0 unspecified atom stereocenters. The molecule has 5 rings (SSSR count). The first kappa shape index (κ1) is 27.0. The van der Waals surface area contributed by atoms with Crippen LogP contribution in [0.25, 0.3) is 0 Å². The van der Waals surface area contributed by atoms with Crippen molar-refractivity contribution in [2.24, 2.45) is 0 Å². The molecule has 2 aliphatic heterocycles. The van der Waals surface area contributed by atoms with Crippen molar-refractivity contribution in [2.45, 2.75) is 38.4 Å². The normalized spacial score (nSPS) is 17.6. The summed E-state index contributed by atoms with van der Waals surface area (Å²) < 4.78 is 17.5. The number of aliphatic hydroxyl groups excluding tert-OH is 1. The van der Waals surface area contributed by atoms with E-state index >= 15 is 0 Å². The van der Waals surface area contributed by atoms with Gasteiger partial charge in [0.05, 0.1) is 13.2 Å². The molecular formula is C31H37N3O5. The van der Waals surface area contributed by atoms with Crippen molar-refractivity contribution in [1.82, 2.24) is 14.8 Å². The van der Waals surface area contributed by atoms with Crippen molar-refractivity contribution >= 4 is 5.91 Å². The maximum atomic E-state index is 13.0. The Morgan fingerprint density at radius 2 is 1.79 bits per heavy atom. The molecule has 3 heterocycles. The van der Waals surface area contributed by atoms with Crippen LogP contribution in [0.2, 0.25) is 0 Å². The molecule has 0 spiro atoms. The van der Waals surface area contributed by atoms with Crippen LogP contribution in [0.1, 0.15) is 46.4 Å². The lowest BCUT2D eigenvalue weighted by Gasteiger charge is -2.39. The summed E-state index contributed by atoms with van der Waals surface area (Å²) in [5, 5.41) is 9.65. The Kier molecular flexibility index (Phi) is 8.64. The van der Waals surface area contributed by atoms with Crippen LogP contribution < -0.4 is 14.2 Å². The summed E-state index contributed by atoms with van der Waals surface area (Å²) in [6.07, 6.45) is 3.20. The van der Waals surface area contributed by atoms with Crippen LogP contribution in [0.3, 0.4) is 0 Å². The Morgan fingerprint density at radius 3 is 2.51 bits per heavy atom. The molecule has 2 aromatic carbocycles. The third-order valence-corrected chi connectivity index (χ3v) is 7.53. The predicted molar refractivity (Wildman–Crippen MR) is 149 cm³/mol. The zero-order valence-corrected chi connectivity index (χ0v) is 22.7. The van der Waals surface area contributed by atoms with Crippen molar-refractivity contribution in [3.63, 3.8) is 0 Å². The second-order valence-electron chi connectivity index (χ2n) is 10.2. The number of rotatable bonds is 11. The highest BCUT2D eigenvalue weighted by molar-refractivity contribution is 5.93. The maximum absolute atomic E-state index is 13.0. The highest BCUT2D eigenvalue weighted by atomic mass is 16.5. The summed E-state index contributed by atoms with van der Waals surface area (Å²) >= 11 is 0. The minimum Gasteiger partial charge on any atom is -0.493 e. The van der Waals surface area contributed by atoms with Gasteiger partial charge in [-0.2, -0.15) is 0 Å². The van der Waals surface area contributed by atoms with Gasteiger partial charge >= 0.3 is 0 Å². The summed E-state index contributed by atoms with van der Waals surface area (Å²) in [7, 11) is 1.65. The van der Waals surface area contributed by atoms with E-state index in [-0.39, 0.29) is 17.9 Å². The molecule has 2 aliphatic rings. The molecule has 0 aliphatic carbocycles. The average Bonchev–Trinajstić information content (AvgIpc) is 3.36. The van der Waals surface area contributed by atoms with Gasteiger partial charge in [-0.1, -0.05) is 37.3 Å². The number of β-amino-alcohol motifs (C(OH)–C–C–N with tert-alkyl or cyclic N) is 1. The fraction of sp³-hybridized carbons (Fsp3) is 0.419. The lowest BCUT2D eigenvalue weighted by Crippen LogP contribution is -2.48. The number of ether oxygens (including phenoxy) is 3. The number of nitrogens with zero attached hydrogens (tertiary/aromatic N) is 3. The van der Waals surface area contributed by atoms with Crippen LogP contribution in [0.15, 0.2) is 60.8 Å². The first-order chi connectivity index (χ1) is 19.0. The number of carbonyl (C=O) groups excluding carboxylic acids is 1. The van der Waals surface area contributed by atoms with Crippen molar-refractivity contribution in [3.05, 3.63) is 83.2 Å². The number of aromatic nitrogens is 1. The quantitative estimate of drug-likeness (QED) is 0.402. The average molecular weight is 532 g/mol. The van der Waals surface area contributed by atoms with Crippen LogP contribution in [0.4, 0.5) is 0 Å². The summed E-state index contributed by atoms with van der Waals surface area (Å²) in [5.41, 5.74) is 3.92. The molecule has 3 aromatic rings. The molecule has 1 amide bonds. The molecule has 206 valence electrons. The fourth-order valence-corrected chi connectivity index (χ4v) is 5.03. The van der Waals surface area contributed by atoms with Gasteiger partial charge < -0.3 is 24.2 Å². The van der Waals surface area contributed by atoms with Crippen molar-refractivity contribution < 1.29 is 24.1 Å². The van der Waals surface area contributed by atoms with E-state index in [0.717, 1.165) is 37.1 Å². The van der Waals surface area contributed by atoms with Crippen LogP contribution in [-0.4, -0.2) is 78.3 Å². The van der Waals surface area contributed by atoms with Gasteiger partial charge in [0.25, 0.3) is 5.91 Å². The zero-order valence-electron chi connectivity index (χ0n) is 22.7. The van der Waals surface area contributed by atoms with Gasteiger partial charge in [0, 0.05) is 50.9 Å². The minimum atomic E-state index is -0.239. The van der Waals surface area contributed by atoms with Crippen LogP contribution >= 0.6 is 0 Å². The van der Waals surface area contributed by atoms with Gasteiger partial charge in [0.2, 0.25) is 0 Å². The lowest BCUT2D eigenvalue weighted by atomic mass is 9.91. The number of likely N-dealkylation sites (tertiary alicyclic amines) is 2. The number of benzene rings is 2. The molecule has 1 atom stereocenters. The van der Waals surface area contributed by atoms with E-state index in [2.05, 4.69) is 47.1 Å². The summed E-state index contributed by atoms with van der Waals surface area (Å²) in [5.74, 6) is 2.16. The number of hydrogen-bond donors (Lipinski definition) is 1. The molecule has 8 heteroatoms. The number of aryl methyl sites for hydroxylation is 1. The number of amides is 1. The van der Waals surface area contributed by atoms with Crippen molar-refractivity contribution in [2.75, 3.05) is 46.4 Å². The topological polar surface area (TPSA) is 84.4 Å². The smallest absolute Gasteiger partial charge is 0.272 e. The van der Waals surface area contributed by atoms with E-state index in [1.807, 2.05) is 12.1 Å². The van der Waals surface area contributed by atoms with Crippen molar-refractivity contribution in [1.29, 1.82) is 0 Å². The molecule has 8 nitrogen and oxygen atoms in total. The Balaban J connectivity index is 1.12. The Morgan fingerprint density at radius 1 is 1.00 bits per heavy atom. The second kappa shape index (κ2) is 12.5. The number of hydrogen-bond acceptors (Lipinski definition) is 7. The first-order valence-electron chi connectivity index (χ1n) is 13.7.